The average molecular weight is 424 g/mol. The smallest absolute Gasteiger partial charge is 0.163 e. The maximum atomic E-state index is 13.3. The Morgan fingerprint density at radius 3 is 2.97 bits per heavy atom. The first-order valence-electron chi connectivity index (χ1n) is 9.35. The summed E-state index contributed by atoms with van der Waals surface area (Å²) in [5.74, 6) is 1.42. The molecule has 3 heterocycles. The van der Waals surface area contributed by atoms with E-state index in [9.17, 15) is 9.50 Å². The number of aliphatic hydroxyl groups is 1. The van der Waals surface area contributed by atoms with Gasteiger partial charge in [0.1, 0.15) is 47.4 Å². The molecule has 152 valence electrons. The summed E-state index contributed by atoms with van der Waals surface area (Å²) in [4.78, 5) is 8.42. The Bertz CT molecular complexity index is 1180. The molecule has 2 unspecified atom stereocenters. The van der Waals surface area contributed by atoms with Crippen LogP contribution < -0.4 is 14.2 Å². The summed E-state index contributed by atoms with van der Waals surface area (Å²) in [6.45, 7) is 0.470. The molecule has 8 heteroatoms. The van der Waals surface area contributed by atoms with E-state index < -0.39 is 12.2 Å². The average Bonchev–Trinajstić information content (AvgIpc) is 3.17. The Labute approximate surface area is 175 Å². The fourth-order valence-corrected chi connectivity index (χ4v) is 4.15. The minimum atomic E-state index is -0.872. The predicted molar refractivity (Wildman–Crippen MR) is 109 cm³/mol. The first-order chi connectivity index (χ1) is 14.7. The van der Waals surface area contributed by atoms with E-state index >= 15 is 0 Å². The zero-order chi connectivity index (χ0) is 20.5. The fourth-order valence-electron chi connectivity index (χ4n) is 3.29. The van der Waals surface area contributed by atoms with Gasteiger partial charge >= 0.3 is 0 Å². The van der Waals surface area contributed by atoms with Crippen LogP contribution in [0, 0.1) is 5.82 Å². The molecule has 0 radical (unpaired) electrons. The number of thiazole rings is 1. The van der Waals surface area contributed by atoms with E-state index in [0.29, 0.717) is 28.3 Å². The van der Waals surface area contributed by atoms with Crippen molar-refractivity contribution in [2.24, 2.45) is 0 Å². The molecule has 1 aliphatic heterocycles. The maximum absolute atomic E-state index is 13.3. The van der Waals surface area contributed by atoms with Crippen molar-refractivity contribution >= 4 is 21.6 Å². The van der Waals surface area contributed by atoms with Gasteiger partial charge in [0.05, 0.1) is 16.4 Å². The number of aliphatic hydroxyl groups excluding tert-OH is 1. The fraction of sp³-hybridized carbons (Fsp3) is 0.182. The number of halogens is 1. The molecule has 2 aromatic heterocycles. The van der Waals surface area contributed by atoms with E-state index in [1.807, 2.05) is 0 Å². The van der Waals surface area contributed by atoms with Gasteiger partial charge in [-0.25, -0.2) is 9.37 Å². The van der Waals surface area contributed by atoms with E-state index in [4.69, 9.17) is 14.2 Å². The van der Waals surface area contributed by atoms with Gasteiger partial charge in [-0.2, -0.15) is 0 Å². The number of hydrogen-bond donors (Lipinski definition) is 1. The second-order valence-corrected chi connectivity index (χ2v) is 7.92. The van der Waals surface area contributed by atoms with Gasteiger partial charge in [0.15, 0.2) is 6.10 Å². The molecular weight excluding hydrogens is 407 g/mol. The normalized spacial score (nSPS) is 17.9. The Kier molecular flexibility index (Phi) is 4.94. The number of pyridine rings is 1. The molecule has 4 aromatic rings. The van der Waals surface area contributed by atoms with Gasteiger partial charge in [-0.05, 0) is 42.5 Å². The van der Waals surface area contributed by atoms with Crippen molar-refractivity contribution in [3.05, 3.63) is 77.3 Å². The minimum Gasteiger partial charge on any atom is -0.489 e. The van der Waals surface area contributed by atoms with Crippen molar-refractivity contribution in [1.29, 1.82) is 0 Å². The van der Waals surface area contributed by atoms with Gasteiger partial charge in [0.25, 0.3) is 0 Å². The van der Waals surface area contributed by atoms with Crippen LogP contribution in [0.5, 0.6) is 17.2 Å². The Morgan fingerprint density at radius 1 is 1.17 bits per heavy atom. The number of nitrogens with zero attached hydrogens (tertiary/aromatic N) is 2. The van der Waals surface area contributed by atoms with Gasteiger partial charge in [-0.3, -0.25) is 4.98 Å². The SMILES string of the molecule is OC1c2cc(OCc3nc4cc(F)ccc4s3)ccc2OCC1Oc1cccnc1. The minimum absolute atomic E-state index is 0.228. The van der Waals surface area contributed by atoms with Crippen molar-refractivity contribution in [1.82, 2.24) is 9.97 Å². The van der Waals surface area contributed by atoms with E-state index in [-0.39, 0.29) is 19.0 Å². The van der Waals surface area contributed by atoms with Crippen LogP contribution in [0.15, 0.2) is 60.9 Å². The molecule has 0 bridgehead atoms. The van der Waals surface area contributed by atoms with Crippen LogP contribution in [0.1, 0.15) is 16.7 Å². The highest BCUT2D eigenvalue weighted by Crippen LogP contribution is 2.36. The third-order valence-electron chi connectivity index (χ3n) is 4.73. The molecule has 30 heavy (non-hydrogen) atoms. The zero-order valence-electron chi connectivity index (χ0n) is 15.7. The van der Waals surface area contributed by atoms with Crippen molar-refractivity contribution in [2.45, 2.75) is 18.8 Å². The van der Waals surface area contributed by atoms with Gasteiger partial charge in [0.2, 0.25) is 0 Å². The molecular formula is C22H17FN2O4S. The monoisotopic (exact) mass is 424 g/mol. The second-order valence-electron chi connectivity index (χ2n) is 6.81. The van der Waals surface area contributed by atoms with E-state index in [1.54, 1.807) is 48.8 Å². The Morgan fingerprint density at radius 2 is 2.10 bits per heavy atom. The Balaban J connectivity index is 1.30. The molecule has 0 amide bonds. The summed E-state index contributed by atoms with van der Waals surface area (Å²) < 4.78 is 31.7. The molecule has 0 fully saturated rings. The summed E-state index contributed by atoms with van der Waals surface area (Å²) >= 11 is 1.45. The highest BCUT2D eigenvalue weighted by atomic mass is 32.1. The maximum Gasteiger partial charge on any atom is 0.163 e. The lowest BCUT2D eigenvalue weighted by molar-refractivity contribution is -0.0106. The topological polar surface area (TPSA) is 73.7 Å². The second kappa shape index (κ2) is 7.89. The van der Waals surface area contributed by atoms with Crippen molar-refractivity contribution in [2.75, 3.05) is 6.61 Å². The van der Waals surface area contributed by atoms with Crippen LogP contribution in [0.2, 0.25) is 0 Å². The molecule has 0 saturated heterocycles. The van der Waals surface area contributed by atoms with E-state index in [0.717, 1.165) is 9.71 Å². The van der Waals surface area contributed by atoms with Crippen LogP contribution >= 0.6 is 11.3 Å². The van der Waals surface area contributed by atoms with Gasteiger partial charge in [0, 0.05) is 17.8 Å². The van der Waals surface area contributed by atoms with Crippen molar-refractivity contribution < 1.29 is 23.7 Å². The number of rotatable bonds is 5. The van der Waals surface area contributed by atoms with E-state index in [2.05, 4.69) is 9.97 Å². The molecule has 2 atom stereocenters. The largest absolute Gasteiger partial charge is 0.489 e. The number of hydrogen-bond acceptors (Lipinski definition) is 7. The third-order valence-corrected chi connectivity index (χ3v) is 5.74. The van der Waals surface area contributed by atoms with Crippen LogP contribution in [0.4, 0.5) is 4.39 Å². The summed E-state index contributed by atoms with van der Waals surface area (Å²) in [5, 5.41) is 11.5. The van der Waals surface area contributed by atoms with Gasteiger partial charge in [-0.15, -0.1) is 11.3 Å². The molecule has 6 nitrogen and oxygen atoms in total. The summed E-state index contributed by atoms with van der Waals surface area (Å²) in [7, 11) is 0. The quantitative estimate of drug-likeness (QED) is 0.515. The highest BCUT2D eigenvalue weighted by molar-refractivity contribution is 7.18. The Hall–Kier alpha value is -3.23. The molecule has 2 aromatic carbocycles. The van der Waals surface area contributed by atoms with Crippen LogP contribution in [-0.4, -0.2) is 27.8 Å². The van der Waals surface area contributed by atoms with Gasteiger partial charge < -0.3 is 19.3 Å². The lowest BCUT2D eigenvalue weighted by Crippen LogP contribution is -2.35. The highest BCUT2D eigenvalue weighted by Gasteiger charge is 2.31. The number of fused-ring (bicyclic) bond motifs is 2. The predicted octanol–water partition coefficient (Wildman–Crippen LogP) is 4.28. The van der Waals surface area contributed by atoms with Crippen LogP contribution in [0.25, 0.3) is 10.2 Å². The summed E-state index contributed by atoms with van der Waals surface area (Å²) in [6, 6.07) is 13.4. The summed E-state index contributed by atoms with van der Waals surface area (Å²) in [6.07, 6.45) is 1.81. The number of benzene rings is 2. The third kappa shape index (κ3) is 3.79. The summed E-state index contributed by atoms with van der Waals surface area (Å²) in [5.41, 5.74) is 1.21. The lowest BCUT2D eigenvalue weighted by atomic mass is 10.0. The standard InChI is InChI=1S/C22H17FN2O4S/c23-13-3-6-20-17(8-13)25-21(30-20)12-27-14-4-5-18-16(9-14)22(26)19(11-28-18)29-15-2-1-7-24-10-15/h1-10,19,22,26H,11-12H2. The molecule has 0 saturated carbocycles. The van der Waals surface area contributed by atoms with Crippen molar-refractivity contribution in [3.63, 3.8) is 0 Å². The first-order valence-corrected chi connectivity index (χ1v) is 10.2. The van der Waals surface area contributed by atoms with Gasteiger partial charge in [-0.1, -0.05) is 0 Å². The molecule has 0 spiro atoms. The lowest BCUT2D eigenvalue weighted by Gasteiger charge is -2.30. The molecule has 5 rings (SSSR count). The number of ether oxygens (including phenoxy) is 3. The van der Waals surface area contributed by atoms with Crippen LogP contribution in [-0.2, 0) is 6.61 Å². The number of aromatic nitrogens is 2. The van der Waals surface area contributed by atoms with E-state index in [1.165, 1.54) is 23.5 Å². The molecule has 1 aliphatic rings. The molecule has 1 N–H and O–H groups in total. The first kappa shape index (κ1) is 18.8. The molecule has 0 aliphatic carbocycles. The zero-order valence-corrected chi connectivity index (χ0v) is 16.5. The van der Waals surface area contributed by atoms with Crippen LogP contribution in [0.3, 0.4) is 0 Å². The van der Waals surface area contributed by atoms with Crippen molar-refractivity contribution in [3.8, 4) is 17.2 Å².